The van der Waals surface area contributed by atoms with Gasteiger partial charge in [-0.05, 0) is 43.8 Å². The Morgan fingerprint density at radius 3 is 2.38 bits per heavy atom. The van der Waals surface area contributed by atoms with E-state index in [0.717, 1.165) is 6.42 Å². The highest BCUT2D eigenvalue weighted by molar-refractivity contribution is 6.18. The highest BCUT2D eigenvalue weighted by Gasteiger charge is 2.11. The quantitative estimate of drug-likeness (QED) is 0.489. The van der Waals surface area contributed by atoms with Crippen LogP contribution in [0.25, 0.3) is 10.8 Å². The van der Waals surface area contributed by atoms with E-state index in [-0.39, 0.29) is 12.1 Å². The van der Waals surface area contributed by atoms with E-state index < -0.39 is 0 Å². The first-order chi connectivity index (χ1) is 11.4. The summed E-state index contributed by atoms with van der Waals surface area (Å²) in [6.07, 6.45) is 1.00. The average molecular weight is 347 g/mol. The molecule has 4 heteroatoms. The molecule has 0 saturated heterocycles. The van der Waals surface area contributed by atoms with E-state index in [1.54, 1.807) is 6.92 Å². The highest BCUT2D eigenvalue weighted by Crippen LogP contribution is 2.19. The van der Waals surface area contributed by atoms with Crippen LogP contribution in [-0.4, -0.2) is 31.1 Å². The van der Waals surface area contributed by atoms with Gasteiger partial charge in [-0.25, -0.2) is 0 Å². The number of amides is 1. The minimum atomic E-state index is -0.0736. The van der Waals surface area contributed by atoms with E-state index in [9.17, 15) is 4.79 Å². The predicted molar refractivity (Wildman–Crippen MR) is 104 cm³/mol. The molecule has 0 heterocycles. The normalized spacial score (nSPS) is 11.6. The van der Waals surface area contributed by atoms with Crippen molar-refractivity contribution in [3.63, 3.8) is 0 Å². The summed E-state index contributed by atoms with van der Waals surface area (Å²) in [7, 11) is 3.87. The van der Waals surface area contributed by atoms with Crippen molar-refractivity contribution >= 4 is 28.3 Å². The molecule has 0 spiro atoms. The van der Waals surface area contributed by atoms with Gasteiger partial charge in [-0.3, -0.25) is 9.69 Å². The zero-order valence-electron chi connectivity index (χ0n) is 15.0. The standard InChI is InChI=1S/C11H9Cl.C9H18N2O/c12-8-10-6-3-5-9-4-1-2-7-11(9)10;1-6-8(11(4)5)10-9(12)7(2)3/h1-7H,8H2;8H,2,6H2,1,3-5H3,(H,10,12). The number of rotatable bonds is 5. The molecule has 3 nitrogen and oxygen atoms in total. The fraction of sp³-hybridized carbons (Fsp3) is 0.350. The molecule has 130 valence electrons. The van der Waals surface area contributed by atoms with Crippen molar-refractivity contribution < 1.29 is 4.79 Å². The molecule has 0 bridgehead atoms. The van der Waals surface area contributed by atoms with Crippen molar-refractivity contribution in [2.24, 2.45) is 0 Å². The molecule has 0 aliphatic heterocycles. The summed E-state index contributed by atoms with van der Waals surface area (Å²) in [5.41, 5.74) is 1.75. The van der Waals surface area contributed by atoms with Crippen LogP contribution >= 0.6 is 11.6 Å². The molecule has 0 radical (unpaired) electrons. The Morgan fingerprint density at radius 2 is 1.83 bits per heavy atom. The second-order valence-electron chi connectivity index (χ2n) is 5.91. The van der Waals surface area contributed by atoms with Gasteiger partial charge >= 0.3 is 0 Å². The van der Waals surface area contributed by atoms with Gasteiger partial charge in [0.2, 0.25) is 5.91 Å². The smallest absolute Gasteiger partial charge is 0.247 e. The molecular formula is C20H27ClN2O. The number of alkyl halides is 1. The van der Waals surface area contributed by atoms with Crippen LogP contribution in [0.4, 0.5) is 0 Å². The summed E-state index contributed by atoms with van der Waals surface area (Å²) in [5, 5.41) is 5.37. The van der Waals surface area contributed by atoms with Crippen molar-refractivity contribution in [1.82, 2.24) is 10.2 Å². The summed E-state index contributed by atoms with van der Waals surface area (Å²) in [6.45, 7) is 7.31. The first-order valence-electron chi connectivity index (χ1n) is 8.06. The SMILES string of the molecule is C=C(C)C(=O)NC(CC)N(C)C.ClCc1cccc2ccccc12. The molecule has 1 N–H and O–H groups in total. The predicted octanol–water partition coefficient (Wildman–Crippen LogP) is 4.56. The van der Waals surface area contributed by atoms with Crippen molar-refractivity contribution in [2.45, 2.75) is 32.3 Å². The maximum atomic E-state index is 11.2. The number of benzene rings is 2. The van der Waals surface area contributed by atoms with Crippen LogP contribution in [0.5, 0.6) is 0 Å². The number of halogens is 1. The second kappa shape index (κ2) is 10.1. The monoisotopic (exact) mass is 346 g/mol. The number of fused-ring (bicyclic) bond motifs is 1. The maximum absolute atomic E-state index is 11.2. The third-order valence-corrected chi connectivity index (χ3v) is 4.01. The Kier molecular flexibility index (Phi) is 8.51. The fourth-order valence-corrected chi connectivity index (χ4v) is 2.51. The van der Waals surface area contributed by atoms with E-state index in [1.165, 1.54) is 16.3 Å². The number of carbonyl (C=O) groups is 1. The lowest BCUT2D eigenvalue weighted by Gasteiger charge is -2.23. The Balaban J connectivity index is 0.000000240. The third kappa shape index (κ3) is 5.99. The lowest BCUT2D eigenvalue weighted by Crippen LogP contribution is -2.44. The lowest BCUT2D eigenvalue weighted by molar-refractivity contribution is -0.119. The topological polar surface area (TPSA) is 32.3 Å². The van der Waals surface area contributed by atoms with Gasteiger partial charge in [-0.15, -0.1) is 11.6 Å². The Hall–Kier alpha value is -1.84. The van der Waals surface area contributed by atoms with E-state index >= 15 is 0 Å². The van der Waals surface area contributed by atoms with Crippen LogP contribution in [0.15, 0.2) is 54.6 Å². The number of nitrogens with one attached hydrogen (secondary N) is 1. The summed E-state index contributed by atoms with van der Waals surface area (Å²) in [5.74, 6) is 0.511. The lowest BCUT2D eigenvalue weighted by atomic mass is 10.1. The molecule has 1 atom stereocenters. The third-order valence-electron chi connectivity index (χ3n) is 3.72. The van der Waals surface area contributed by atoms with Gasteiger partial charge in [-0.2, -0.15) is 0 Å². The molecule has 0 aliphatic carbocycles. The van der Waals surface area contributed by atoms with Crippen molar-refractivity contribution in [2.75, 3.05) is 14.1 Å². The van der Waals surface area contributed by atoms with Crippen molar-refractivity contribution in [1.29, 1.82) is 0 Å². The molecule has 0 fully saturated rings. The zero-order valence-corrected chi connectivity index (χ0v) is 15.7. The number of carbonyl (C=O) groups excluding carboxylic acids is 1. The van der Waals surface area contributed by atoms with Gasteiger partial charge in [0, 0.05) is 11.5 Å². The molecular weight excluding hydrogens is 320 g/mol. The average Bonchev–Trinajstić information content (AvgIpc) is 2.59. The van der Waals surface area contributed by atoms with Crippen LogP contribution in [-0.2, 0) is 10.7 Å². The van der Waals surface area contributed by atoms with Crippen molar-refractivity contribution in [3.8, 4) is 0 Å². The summed E-state index contributed by atoms with van der Waals surface area (Å²) < 4.78 is 0. The molecule has 0 aromatic heterocycles. The van der Waals surface area contributed by atoms with Gasteiger partial charge in [0.1, 0.15) is 0 Å². The molecule has 24 heavy (non-hydrogen) atoms. The van der Waals surface area contributed by atoms with Gasteiger partial charge < -0.3 is 5.32 Å². The molecule has 1 unspecified atom stereocenters. The number of hydrogen-bond acceptors (Lipinski definition) is 2. The Labute approximate surface area is 150 Å². The van der Waals surface area contributed by atoms with Gasteiger partial charge in [0.25, 0.3) is 0 Å². The van der Waals surface area contributed by atoms with Crippen molar-refractivity contribution in [3.05, 3.63) is 60.2 Å². The van der Waals surface area contributed by atoms with Crippen LogP contribution in [0.3, 0.4) is 0 Å². The first-order valence-corrected chi connectivity index (χ1v) is 8.59. The van der Waals surface area contributed by atoms with Crippen LogP contribution in [0.1, 0.15) is 25.8 Å². The van der Waals surface area contributed by atoms with E-state index in [1.807, 2.05) is 44.1 Å². The molecule has 0 saturated carbocycles. The second-order valence-corrected chi connectivity index (χ2v) is 6.18. The molecule has 2 aromatic rings. The number of nitrogens with zero attached hydrogens (tertiary/aromatic N) is 1. The minimum absolute atomic E-state index is 0.0736. The van der Waals surface area contributed by atoms with Gasteiger partial charge in [0.05, 0.1) is 6.17 Å². The van der Waals surface area contributed by atoms with E-state index in [2.05, 4.69) is 36.2 Å². The largest absolute Gasteiger partial charge is 0.337 e. The highest BCUT2D eigenvalue weighted by atomic mass is 35.5. The van der Waals surface area contributed by atoms with E-state index in [4.69, 9.17) is 11.6 Å². The Bertz CT molecular complexity index is 677. The maximum Gasteiger partial charge on any atom is 0.247 e. The molecule has 0 aliphatic rings. The van der Waals surface area contributed by atoms with Crippen LogP contribution in [0, 0.1) is 0 Å². The number of hydrogen-bond donors (Lipinski definition) is 1. The summed E-state index contributed by atoms with van der Waals surface area (Å²) >= 11 is 5.81. The van der Waals surface area contributed by atoms with Crippen LogP contribution in [0.2, 0.25) is 0 Å². The zero-order chi connectivity index (χ0) is 18.1. The first kappa shape index (κ1) is 20.2. The minimum Gasteiger partial charge on any atom is -0.337 e. The molecule has 1 amide bonds. The van der Waals surface area contributed by atoms with Gasteiger partial charge in [0.15, 0.2) is 0 Å². The molecule has 2 rings (SSSR count). The summed E-state index contributed by atoms with van der Waals surface area (Å²) in [6, 6.07) is 14.5. The van der Waals surface area contributed by atoms with Gasteiger partial charge in [-0.1, -0.05) is 56.0 Å². The van der Waals surface area contributed by atoms with E-state index in [0.29, 0.717) is 11.5 Å². The Morgan fingerprint density at radius 1 is 1.21 bits per heavy atom. The fourth-order valence-electron chi connectivity index (χ4n) is 2.28. The molecule has 2 aromatic carbocycles. The van der Waals surface area contributed by atoms with Crippen LogP contribution < -0.4 is 5.32 Å². The summed E-state index contributed by atoms with van der Waals surface area (Å²) in [4.78, 5) is 13.2.